The van der Waals surface area contributed by atoms with E-state index in [0.29, 0.717) is 0 Å². The molecule has 1 nitrogen and oxygen atoms in total. The molecule has 0 spiro atoms. The highest BCUT2D eigenvalue weighted by atomic mass is 14.6. The molecular weight excluding hydrogens is 170 g/mol. The van der Waals surface area contributed by atoms with Crippen LogP contribution in [-0.4, -0.2) is 6.04 Å². The van der Waals surface area contributed by atoms with Gasteiger partial charge in [0.05, 0.1) is 0 Å². The van der Waals surface area contributed by atoms with Crippen LogP contribution in [0.25, 0.3) is 0 Å². The van der Waals surface area contributed by atoms with E-state index in [1.165, 1.54) is 0 Å². The molecule has 68 valence electrons. The molecule has 1 heteroatoms. The van der Waals surface area contributed by atoms with E-state index in [0.717, 1.165) is 16.7 Å². The van der Waals surface area contributed by atoms with Crippen molar-refractivity contribution in [2.75, 3.05) is 0 Å². The Hall–Kier alpha value is -1.78. The third-order valence-corrected chi connectivity index (χ3v) is 2.35. The van der Waals surface area contributed by atoms with Crippen LogP contribution in [0.15, 0.2) is 59.3 Å². The minimum atomic E-state index is -0.0468. The summed E-state index contributed by atoms with van der Waals surface area (Å²) < 4.78 is 0. The predicted octanol–water partition coefficient (Wildman–Crippen LogP) is 1.87. The highest BCUT2D eigenvalue weighted by molar-refractivity contribution is 5.62. The van der Waals surface area contributed by atoms with E-state index in [1.54, 1.807) is 0 Å². The van der Waals surface area contributed by atoms with Gasteiger partial charge in [-0.3, -0.25) is 0 Å². The van der Waals surface area contributed by atoms with Crippen LogP contribution >= 0.6 is 0 Å². The standard InChI is InChI=1S/C13H11N/c1-2-10-6-5-8-11(10)12-7-3-4-9-13(12)14/h1,3-9,13H,14H2. The van der Waals surface area contributed by atoms with Crippen molar-refractivity contribution < 1.29 is 0 Å². The summed E-state index contributed by atoms with van der Waals surface area (Å²) in [5.74, 6) is 2.66. The van der Waals surface area contributed by atoms with Gasteiger partial charge < -0.3 is 5.73 Å². The molecule has 14 heavy (non-hydrogen) atoms. The lowest BCUT2D eigenvalue weighted by atomic mass is 9.94. The minimum absolute atomic E-state index is 0.0468. The number of allylic oxidation sites excluding steroid dienone is 7. The van der Waals surface area contributed by atoms with E-state index in [-0.39, 0.29) is 6.04 Å². The Morgan fingerprint density at radius 2 is 2.07 bits per heavy atom. The highest BCUT2D eigenvalue weighted by Crippen LogP contribution is 2.25. The Kier molecular flexibility index (Phi) is 2.22. The van der Waals surface area contributed by atoms with Crippen molar-refractivity contribution in [2.24, 2.45) is 5.73 Å². The van der Waals surface area contributed by atoms with Gasteiger partial charge in [-0.1, -0.05) is 42.4 Å². The van der Waals surface area contributed by atoms with Gasteiger partial charge in [0.25, 0.3) is 0 Å². The van der Waals surface area contributed by atoms with E-state index in [2.05, 4.69) is 5.92 Å². The maximum Gasteiger partial charge on any atom is 0.0490 e. The van der Waals surface area contributed by atoms with Gasteiger partial charge in [-0.25, -0.2) is 0 Å². The molecule has 2 N–H and O–H groups in total. The van der Waals surface area contributed by atoms with Crippen LogP contribution in [0.1, 0.15) is 0 Å². The fourth-order valence-electron chi connectivity index (χ4n) is 1.62. The smallest absolute Gasteiger partial charge is 0.0490 e. The van der Waals surface area contributed by atoms with E-state index < -0.39 is 0 Å². The van der Waals surface area contributed by atoms with Gasteiger partial charge in [-0.15, -0.1) is 6.42 Å². The molecule has 0 saturated heterocycles. The van der Waals surface area contributed by atoms with Crippen molar-refractivity contribution in [1.82, 2.24) is 0 Å². The van der Waals surface area contributed by atoms with Gasteiger partial charge in [0.1, 0.15) is 0 Å². The molecule has 0 saturated carbocycles. The molecule has 0 aliphatic heterocycles. The van der Waals surface area contributed by atoms with E-state index in [9.17, 15) is 0 Å². The van der Waals surface area contributed by atoms with Crippen LogP contribution in [-0.2, 0) is 0 Å². The van der Waals surface area contributed by atoms with Crippen LogP contribution in [0.4, 0.5) is 0 Å². The first-order valence-corrected chi connectivity index (χ1v) is 4.53. The lowest BCUT2D eigenvalue weighted by molar-refractivity contribution is 0.962. The number of rotatable bonds is 0. The SMILES string of the molecule is C#CC1=CC=CC1=C1C=CC=CC1N. The molecule has 0 aromatic heterocycles. The lowest BCUT2D eigenvalue weighted by Gasteiger charge is -2.14. The zero-order valence-corrected chi connectivity index (χ0v) is 7.77. The van der Waals surface area contributed by atoms with Crippen molar-refractivity contribution in [3.8, 4) is 12.3 Å². The monoisotopic (exact) mass is 181 g/mol. The van der Waals surface area contributed by atoms with Crippen LogP contribution in [0.2, 0.25) is 0 Å². The molecule has 1 atom stereocenters. The summed E-state index contributed by atoms with van der Waals surface area (Å²) in [6.07, 6.45) is 19.2. The second-order valence-electron chi connectivity index (χ2n) is 3.22. The largest absolute Gasteiger partial charge is 0.321 e. The maximum atomic E-state index is 5.95. The zero-order valence-electron chi connectivity index (χ0n) is 7.77. The molecule has 2 aliphatic carbocycles. The lowest BCUT2D eigenvalue weighted by Crippen LogP contribution is -2.21. The summed E-state index contributed by atoms with van der Waals surface area (Å²) in [6.45, 7) is 0. The van der Waals surface area contributed by atoms with Gasteiger partial charge in [0, 0.05) is 11.6 Å². The summed E-state index contributed by atoms with van der Waals surface area (Å²) in [5, 5.41) is 0. The first-order chi connectivity index (χ1) is 6.83. The van der Waals surface area contributed by atoms with Gasteiger partial charge in [0.15, 0.2) is 0 Å². The van der Waals surface area contributed by atoms with Gasteiger partial charge >= 0.3 is 0 Å². The molecule has 0 aromatic rings. The van der Waals surface area contributed by atoms with Crippen molar-refractivity contribution >= 4 is 0 Å². The summed E-state index contributed by atoms with van der Waals surface area (Å²) in [4.78, 5) is 0. The molecule has 0 bridgehead atoms. The fourth-order valence-corrected chi connectivity index (χ4v) is 1.62. The summed E-state index contributed by atoms with van der Waals surface area (Å²) in [7, 11) is 0. The summed E-state index contributed by atoms with van der Waals surface area (Å²) in [6, 6.07) is -0.0468. The van der Waals surface area contributed by atoms with Crippen LogP contribution < -0.4 is 5.73 Å². The fraction of sp³-hybridized carbons (Fsp3) is 0.0769. The maximum absolute atomic E-state index is 5.95. The molecule has 0 amide bonds. The van der Waals surface area contributed by atoms with Gasteiger partial charge in [-0.05, 0) is 17.2 Å². The van der Waals surface area contributed by atoms with Crippen LogP contribution in [0, 0.1) is 12.3 Å². The molecule has 0 radical (unpaired) electrons. The first-order valence-electron chi connectivity index (χ1n) is 4.53. The Bertz CT molecular complexity index is 436. The Labute approximate surface area is 84.0 Å². The van der Waals surface area contributed by atoms with Crippen molar-refractivity contribution in [1.29, 1.82) is 0 Å². The number of hydrogen-bond acceptors (Lipinski definition) is 1. The van der Waals surface area contributed by atoms with E-state index in [1.807, 2.05) is 42.5 Å². The van der Waals surface area contributed by atoms with Gasteiger partial charge in [0.2, 0.25) is 0 Å². The number of terminal acetylenes is 1. The molecule has 1 unspecified atom stereocenters. The third-order valence-electron chi connectivity index (χ3n) is 2.35. The second-order valence-corrected chi connectivity index (χ2v) is 3.22. The van der Waals surface area contributed by atoms with Crippen molar-refractivity contribution in [3.63, 3.8) is 0 Å². The van der Waals surface area contributed by atoms with Crippen LogP contribution in [0.5, 0.6) is 0 Å². The van der Waals surface area contributed by atoms with E-state index in [4.69, 9.17) is 12.2 Å². The Balaban J connectivity index is 2.47. The molecule has 2 rings (SSSR count). The number of hydrogen-bond donors (Lipinski definition) is 1. The average molecular weight is 181 g/mol. The summed E-state index contributed by atoms with van der Waals surface area (Å²) in [5.41, 5.74) is 9.02. The quantitative estimate of drug-likeness (QED) is 0.567. The second kappa shape index (κ2) is 3.53. The van der Waals surface area contributed by atoms with E-state index >= 15 is 0 Å². The normalized spacial score (nSPS) is 29.1. The van der Waals surface area contributed by atoms with Gasteiger partial charge in [-0.2, -0.15) is 0 Å². The average Bonchev–Trinajstić information content (AvgIpc) is 2.66. The molecule has 0 aromatic carbocycles. The topological polar surface area (TPSA) is 26.0 Å². The van der Waals surface area contributed by atoms with Crippen molar-refractivity contribution in [2.45, 2.75) is 6.04 Å². The highest BCUT2D eigenvalue weighted by Gasteiger charge is 2.14. The van der Waals surface area contributed by atoms with Crippen LogP contribution in [0.3, 0.4) is 0 Å². The molecular formula is C13H11N. The third kappa shape index (κ3) is 1.37. The molecule has 0 heterocycles. The number of nitrogens with two attached hydrogens (primary N) is 1. The predicted molar refractivity (Wildman–Crippen MR) is 59.3 cm³/mol. The molecule has 0 fully saturated rings. The molecule has 2 aliphatic rings. The Morgan fingerprint density at radius 1 is 1.21 bits per heavy atom. The minimum Gasteiger partial charge on any atom is -0.321 e. The van der Waals surface area contributed by atoms with Crippen molar-refractivity contribution in [3.05, 3.63) is 59.3 Å². The first kappa shape index (κ1) is 8.80. The Morgan fingerprint density at radius 3 is 2.79 bits per heavy atom. The summed E-state index contributed by atoms with van der Waals surface area (Å²) >= 11 is 0. The zero-order chi connectivity index (χ0) is 9.97.